The summed E-state index contributed by atoms with van der Waals surface area (Å²) in [5, 5.41) is 0. The Labute approximate surface area is 179 Å². The van der Waals surface area contributed by atoms with E-state index < -0.39 is 10.0 Å². The fourth-order valence-electron chi connectivity index (χ4n) is 3.75. The number of ether oxygens (including phenoxy) is 1. The number of nitrogens with zero attached hydrogens (tertiary/aromatic N) is 2. The highest BCUT2D eigenvalue weighted by Crippen LogP contribution is 2.22. The van der Waals surface area contributed by atoms with Crippen molar-refractivity contribution in [1.82, 2.24) is 9.21 Å². The Morgan fingerprint density at radius 1 is 1.03 bits per heavy atom. The molecule has 0 saturated carbocycles. The van der Waals surface area contributed by atoms with Gasteiger partial charge in [0.15, 0.2) is 0 Å². The smallest absolute Gasteiger partial charge is 0.254 e. The second-order valence-electron chi connectivity index (χ2n) is 7.82. The van der Waals surface area contributed by atoms with Crippen LogP contribution in [0.1, 0.15) is 43.1 Å². The molecule has 1 aliphatic heterocycles. The van der Waals surface area contributed by atoms with Crippen molar-refractivity contribution in [2.75, 3.05) is 19.6 Å². The Kier molecular flexibility index (Phi) is 7.28. The van der Waals surface area contributed by atoms with Crippen molar-refractivity contribution in [3.8, 4) is 0 Å². The van der Waals surface area contributed by atoms with E-state index in [4.69, 9.17) is 4.74 Å². The molecule has 1 amide bonds. The quantitative estimate of drug-likeness (QED) is 0.674. The SMILES string of the molecule is CCCN(Cc1ccccc1)C(=O)c1ccc(S(=O)(=O)N2CC(C)OC(C)C2)cc1. The summed E-state index contributed by atoms with van der Waals surface area (Å²) in [6.45, 7) is 7.59. The fraction of sp³-hybridized carbons (Fsp3) is 0.435. The second-order valence-corrected chi connectivity index (χ2v) is 9.75. The molecule has 0 N–H and O–H groups in total. The third-order valence-corrected chi connectivity index (χ3v) is 6.97. The molecule has 2 aromatic rings. The summed E-state index contributed by atoms with van der Waals surface area (Å²) in [6, 6.07) is 16.1. The summed E-state index contributed by atoms with van der Waals surface area (Å²) >= 11 is 0. The highest BCUT2D eigenvalue weighted by molar-refractivity contribution is 7.89. The Balaban J connectivity index is 1.77. The van der Waals surface area contributed by atoms with Gasteiger partial charge in [0.25, 0.3) is 5.91 Å². The van der Waals surface area contributed by atoms with Gasteiger partial charge in [0.1, 0.15) is 0 Å². The fourth-order valence-corrected chi connectivity index (χ4v) is 5.34. The summed E-state index contributed by atoms with van der Waals surface area (Å²) in [5.74, 6) is -0.0988. The second kappa shape index (κ2) is 9.73. The van der Waals surface area contributed by atoms with Gasteiger partial charge in [0.05, 0.1) is 17.1 Å². The van der Waals surface area contributed by atoms with Gasteiger partial charge in [-0.05, 0) is 50.1 Å². The van der Waals surface area contributed by atoms with E-state index >= 15 is 0 Å². The molecule has 0 aromatic heterocycles. The van der Waals surface area contributed by atoms with Crippen LogP contribution in [0.15, 0.2) is 59.5 Å². The monoisotopic (exact) mass is 430 g/mol. The number of rotatable bonds is 7. The van der Waals surface area contributed by atoms with Crippen LogP contribution in [0.2, 0.25) is 0 Å². The molecule has 0 spiro atoms. The number of carbonyl (C=O) groups excluding carboxylic acids is 1. The van der Waals surface area contributed by atoms with Gasteiger partial charge in [-0.15, -0.1) is 0 Å². The predicted molar refractivity (Wildman–Crippen MR) is 117 cm³/mol. The summed E-state index contributed by atoms with van der Waals surface area (Å²) in [4.78, 5) is 15.0. The molecule has 7 heteroatoms. The van der Waals surface area contributed by atoms with E-state index in [1.807, 2.05) is 51.1 Å². The zero-order valence-electron chi connectivity index (χ0n) is 17.8. The van der Waals surface area contributed by atoms with Crippen LogP contribution in [0.4, 0.5) is 0 Å². The van der Waals surface area contributed by atoms with E-state index in [1.54, 1.807) is 17.0 Å². The first-order valence-corrected chi connectivity index (χ1v) is 11.8. The van der Waals surface area contributed by atoms with Crippen molar-refractivity contribution < 1.29 is 17.9 Å². The van der Waals surface area contributed by atoms with Crippen LogP contribution in [0, 0.1) is 0 Å². The maximum atomic E-state index is 13.0. The van der Waals surface area contributed by atoms with Crippen molar-refractivity contribution in [2.24, 2.45) is 0 Å². The van der Waals surface area contributed by atoms with Crippen LogP contribution >= 0.6 is 0 Å². The molecular formula is C23H30N2O4S. The highest BCUT2D eigenvalue weighted by atomic mass is 32.2. The number of benzene rings is 2. The maximum Gasteiger partial charge on any atom is 0.254 e. The molecular weight excluding hydrogens is 400 g/mol. The average molecular weight is 431 g/mol. The number of sulfonamides is 1. The summed E-state index contributed by atoms with van der Waals surface area (Å²) in [6.07, 6.45) is 0.549. The molecule has 1 fully saturated rings. The first-order chi connectivity index (χ1) is 14.3. The van der Waals surface area contributed by atoms with Crippen molar-refractivity contribution in [2.45, 2.75) is 50.8 Å². The number of hydrogen-bond donors (Lipinski definition) is 0. The molecule has 30 heavy (non-hydrogen) atoms. The van der Waals surface area contributed by atoms with Crippen LogP contribution in [-0.2, 0) is 21.3 Å². The highest BCUT2D eigenvalue weighted by Gasteiger charge is 2.32. The Morgan fingerprint density at radius 2 is 1.63 bits per heavy atom. The molecule has 0 aliphatic carbocycles. The van der Waals surface area contributed by atoms with Gasteiger partial charge in [-0.25, -0.2) is 8.42 Å². The zero-order chi connectivity index (χ0) is 21.7. The summed E-state index contributed by atoms with van der Waals surface area (Å²) in [5.41, 5.74) is 1.55. The molecule has 3 rings (SSSR count). The van der Waals surface area contributed by atoms with E-state index in [9.17, 15) is 13.2 Å². The standard InChI is InChI=1S/C23H30N2O4S/c1-4-14-24(17-20-8-6-5-7-9-20)23(26)21-10-12-22(13-11-21)30(27,28)25-15-18(2)29-19(3)16-25/h5-13,18-19H,4,14-17H2,1-3H3. The molecule has 2 atom stereocenters. The lowest BCUT2D eigenvalue weighted by Gasteiger charge is -2.34. The van der Waals surface area contributed by atoms with E-state index in [2.05, 4.69) is 0 Å². The third-order valence-electron chi connectivity index (χ3n) is 5.12. The van der Waals surface area contributed by atoms with Gasteiger partial charge >= 0.3 is 0 Å². The first-order valence-electron chi connectivity index (χ1n) is 10.4. The van der Waals surface area contributed by atoms with Gasteiger partial charge in [-0.1, -0.05) is 37.3 Å². The maximum absolute atomic E-state index is 13.0. The largest absolute Gasteiger partial charge is 0.373 e. The molecule has 1 saturated heterocycles. The van der Waals surface area contributed by atoms with E-state index in [-0.39, 0.29) is 23.0 Å². The van der Waals surface area contributed by atoms with Crippen LogP contribution in [-0.4, -0.2) is 55.4 Å². The van der Waals surface area contributed by atoms with Gasteiger partial charge < -0.3 is 9.64 Å². The minimum absolute atomic E-state index is 0.0988. The lowest BCUT2D eigenvalue weighted by atomic mass is 10.1. The van der Waals surface area contributed by atoms with Gasteiger partial charge in [0.2, 0.25) is 10.0 Å². The molecule has 0 radical (unpaired) electrons. The van der Waals surface area contributed by atoms with Crippen molar-refractivity contribution in [3.05, 3.63) is 65.7 Å². The minimum Gasteiger partial charge on any atom is -0.373 e. The number of amides is 1. The Morgan fingerprint density at radius 3 is 2.20 bits per heavy atom. The predicted octanol–water partition coefficient (Wildman–Crippen LogP) is 3.54. The average Bonchev–Trinajstić information content (AvgIpc) is 2.73. The van der Waals surface area contributed by atoms with Gasteiger partial charge in [0, 0.05) is 31.7 Å². The van der Waals surface area contributed by atoms with Crippen LogP contribution in [0.3, 0.4) is 0 Å². The lowest BCUT2D eigenvalue weighted by Crippen LogP contribution is -2.48. The summed E-state index contributed by atoms with van der Waals surface area (Å²) < 4.78 is 33.1. The minimum atomic E-state index is -3.62. The molecule has 1 heterocycles. The topological polar surface area (TPSA) is 66.9 Å². The number of carbonyl (C=O) groups is 1. The molecule has 2 unspecified atom stereocenters. The lowest BCUT2D eigenvalue weighted by molar-refractivity contribution is -0.0440. The third kappa shape index (κ3) is 5.28. The molecule has 162 valence electrons. The number of morpholine rings is 1. The molecule has 1 aliphatic rings. The Bertz CT molecular complexity index is 935. The summed E-state index contributed by atoms with van der Waals surface area (Å²) in [7, 11) is -3.62. The van der Waals surface area contributed by atoms with Gasteiger partial charge in [-0.2, -0.15) is 4.31 Å². The van der Waals surface area contributed by atoms with Gasteiger partial charge in [-0.3, -0.25) is 4.79 Å². The van der Waals surface area contributed by atoms with Crippen LogP contribution in [0.5, 0.6) is 0 Å². The normalized spacial score (nSPS) is 20.1. The van der Waals surface area contributed by atoms with E-state index in [0.29, 0.717) is 31.7 Å². The first kappa shape index (κ1) is 22.5. The van der Waals surface area contributed by atoms with Crippen LogP contribution < -0.4 is 0 Å². The van der Waals surface area contributed by atoms with E-state index in [1.165, 1.54) is 16.4 Å². The molecule has 0 bridgehead atoms. The van der Waals surface area contributed by atoms with E-state index in [0.717, 1.165) is 12.0 Å². The zero-order valence-corrected chi connectivity index (χ0v) is 18.6. The molecule has 2 aromatic carbocycles. The van der Waals surface area contributed by atoms with Crippen molar-refractivity contribution in [1.29, 1.82) is 0 Å². The Hall–Kier alpha value is -2.22. The molecule has 6 nitrogen and oxygen atoms in total. The van der Waals surface area contributed by atoms with Crippen molar-refractivity contribution in [3.63, 3.8) is 0 Å². The van der Waals surface area contributed by atoms with Crippen LogP contribution in [0.25, 0.3) is 0 Å². The van der Waals surface area contributed by atoms with Crippen molar-refractivity contribution >= 4 is 15.9 Å². The number of hydrogen-bond acceptors (Lipinski definition) is 4.